The highest BCUT2D eigenvalue weighted by atomic mass is 32.1. The number of likely N-dealkylation sites (N-methyl/N-ethyl adjacent to an activating group) is 2. The number of carbonyl (C=O) groups is 3. The van der Waals surface area contributed by atoms with Gasteiger partial charge in [0.2, 0.25) is 0 Å². The number of urea groups is 1. The van der Waals surface area contributed by atoms with Crippen molar-refractivity contribution >= 4 is 51.6 Å². The minimum Gasteiger partial charge on any atom is -0.467 e. The van der Waals surface area contributed by atoms with Crippen LogP contribution in [0.2, 0.25) is 0 Å². The van der Waals surface area contributed by atoms with Crippen LogP contribution in [0.25, 0.3) is 10.2 Å². The standard InChI is InChI=1S/C21H23N6O4S/c1-24-18-17(19(29)25(2)21(24)30)27(12-22-18)11-16(28)26-9-7-13(8-10-26)31-20-23-14-5-3-4-6-15(14)32-20/h3-6,12-13,17H,7-11H2,1-2H3/q+1. The minimum absolute atomic E-state index is 0.0149. The van der Waals surface area contributed by atoms with E-state index in [1.54, 1.807) is 16.5 Å². The zero-order valence-corrected chi connectivity index (χ0v) is 18.6. The molecule has 11 heteroatoms. The van der Waals surface area contributed by atoms with Crippen molar-refractivity contribution in [2.75, 3.05) is 33.7 Å². The summed E-state index contributed by atoms with van der Waals surface area (Å²) in [4.78, 5) is 50.5. The number of imide groups is 1. The predicted octanol–water partition coefficient (Wildman–Crippen LogP) is 1.01. The summed E-state index contributed by atoms with van der Waals surface area (Å²) in [5.41, 5.74) is 0.929. The first-order valence-electron chi connectivity index (χ1n) is 10.4. The number of benzene rings is 1. The Balaban J connectivity index is 1.17. The summed E-state index contributed by atoms with van der Waals surface area (Å²) in [5, 5.41) is 0.658. The van der Waals surface area contributed by atoms with E-state index in [-0.39, 0.29) is 24.5 Å². The average Bonchev–Trinajstić information content (AvgIpc) is 3.40. The molecule has 0 saturated carbocycles. The maximum atomic E-state index is 12.9. The van der Waals surface area contributed by atoms with Gasteiger partial charge in [0.15, 0.2) is 6.54 Å². The third kappa shape index (κ3) is 3.52. The van der Waals surface area contributed by atoms with Gasteiger partial charge < -0.3 is 9.64 Å². The van der Waals surface area contributed by atoms with Gasteiger partial charge in [0.25, 0.3) is 35.2 Å². The minimum atomic E-state index is -0.744. The number of hydrogen-bond donors (Lipinski definition) is 0. The number of nitrogens with zero attached hydrogens (tertiary/aromatic N) is 6. The number of carbonyl (C=O) groups excluding carboxylic acids is 3. The van der Waals surface area contributed by atoms with Gasteiger partial charge in [-0.1, -0.05) is 23.5 Å². The number of para-hydroxylation sites is 1. The topological polar surface area (TPSA) is 98.4 Å². The van der Waals surface area contributed by atoms with Crippen LogP contribution in [0, 0.1) is 0 Å². The lowest BCUT2D eigenvalue weighted by atomic mass is 10.1. The lowest BCUT2D eigenvalue weighted by Gasteiger charge is -2.33. The maximum Gasteiger partial charge on any atom is 0.333 e. The zero-order valence-electron chi connectivity index (χ0n) is 17.8. The van der Waals surface area contributed by atoms with Crippen LogP contribution in [0.15, 0.2) is 29.3 Å². The Morgan fingerprint density at radius 2 is 1.94 bits per heavy atom. The van der Waals surface area contributed by atoms with E-state index >= 15 is 0 Å². The number of amides is 4. The molecule has 2 saturated heterocycles. The SMILES string of the molecule is CN1C(=O)C2C(=NC=[N+]2CC(=O)N2CCC(Oc3nc4ccccc4s3)CC2)N(C)C1=O. The van der Waals surface area contributed by atoms with Gasteiger partial charge in [-0.2, -0.15) is 0 Å². The van der Waals surface area contributed by atoms with Gasteiger partial charge in [-0.15, -0.1) is 0 Å². The molecule has 4 heterocycles. The Bertz CT molecular complexity index is 1130. The van der Waals surface area contributed by atoms with Crippen LogP contribution in [0.4, 0.5) is 4.79 Å². The summed E-state index contributed by atoms with van der Waals surface area (Å²) in [7, 11) is 3.01. The van der Waals surface area contributed by atoms with Crippen LogP contribution >= 0.6 is 11.3 Å². The maximum absolute atomic E-state index is 12.9. The van der Waals surface area contributed by atoms with Crippen LogP contribution in [0.5, 0.6) is 5.19 Å². The van der Waals surface area contributed by atoms with Crippen molar-refractivity contribution in [2.45, 2.75) is 25.0 Å². The smallest absolute Gasteiger partial charge is 0.333 e. The molecule has 0 aliphatic carbocycles. The van der Waals surface area contributed by atoms with E-state index in [2.05, 4.69) is 9.98 Å². The Labute approximate surface area is 188 Å². The number of piperidine rings is 1. The lowest BCUT2D eigenvalue weighted by molar-refractivity contribution is -0.520. The molecule has 1 unspecified atom stereocenters. The number of aliphatic imine (C=N–C) groups is 1. The number of aromatic nitrogens is 1. The second kappa shape index (κ2) is 7.97. The first kappa shape index (κ1) is 20.6. The second-order valence-electron chi connectivity index (χ2n) is 8.06. The van der Waals surface area contributed by atoms with Gasteiger partial charge in [-0.25, -0.2) is 14.4 Å². The third-order valence-corrected chi connectivity index (χ3v) is 6.98. The Morgan fingerprint density at radius 3 is 2.69 bits per heavy atom. The van der Waals surface area contributed by atoms with E-state index in [4.69, 9.17) is 4.74 Å². The zero-order chi connectivity index (χ0) is 22.4. The molecule has 32 heavy (non-hydrogen) atoms. The molecule has 1 aromatic heterocycles. The number of rotatable bonds is 4. The average molecular weight is 456 g/mol. The van der Waals surface area contributed by atoms with Crippen LogP contribution < -0.4 is 4.74 Å². The van der Waals surface area contributed by atoms with E-state index in [1.165, 1.54) is 29.6 Å². The fourth-order valence-corrected chi connectivity index (χ4v) is 5.08. The van der Waals surface area contributed by atoms with E-state index in [1.807, 2.05) is 24.3 Å². The Hall–Kier alpha value is -3.34. The summed E-state index contributed by atoms with van der Waals surface area (Å²) >= 11 is 1.53. The number of hydrogen-bond acceptors (Lipinski definition) is 7. The number of thiazole rings is 1. The summed E-state index contributed by atoms with van der Waals surface area (Å²) in [6, 6.07) is 6.75. The summed E-state index contributed by atoms with van der Waals surface area (Å²) in [5.74, 6) is -0.101. The highest BCUT2D eigenvalue weighted by Gasteiger charge is 2.51. The molecule has 1 atom stereocenters. The van der Waals surface area contributed by atoms with Crippen LogP contribution in [0.3, 0.4) is 0 Å². The molecule has 2 aromatic rings. The number of likely N-dealkylation sites (tertiary alicyclic amines) is 1. The van der Waals surface area contributed by atoms with E-state index < -0.39 is 12.1 Å². The molecule has 0 N–H and O–H groups in total. The summed E-state index contributed by atoms with van der Waals surface area (Å²) < 4.78 is 8.76. The van der Waals surface area contributed by atoms with Crippen molar-refractivity contribution in [2.24, 2.45) is 4.99 Å². The molecule has 0 spiro atoms. The molecule has 5 rings (SSSR count). The van der Waals surface area contributed by atoms with Crippen LogP contribution in [0.1, 0.15) is 12.8 Å². The lowest BCUT2D eigenvalue weighted by Crippen LogP contribution is -2.62. The normalized spacial score (nSPS) is 21.7. The molecular weight excluding hydrogens is 432 g/mol. The van der Waals surface area contributed by atoms with Crippen molar-refractivity contribution in [1.82, 2.24) is 19.7 Å². The number of amidine groups is 1. The van der Waals surface area contributed by atoms with Crippen molar-refractivity contribution in [3.8, 4) is 5.19 Å². The van der Waals surface area contributed by atoms with Gasteiger partial charge in [0.1, 0.15) is 6.10 Å². The van der Waals surface area contributed by atoms with E-state index in [0.29, 0.717) is 24.1 Å². The van der Waals surface area contributed by atoms with Gasteiger partial charge in [0, 0.05) is 40.0 Å². The molecule has 3 aliphatic heterocycles. The Kier molecular flexibility index (Phi) is 5.12. The fourth-order valence-electron chi connectivity index (χ4n) is 4.20. The molecule has 166 valence electrons. The van der Waals surface area contributed by atoms with Crippen LogP contribution in [-0.4, -0.2) is 100 Å². The van der Waals surface area contributed by atoms with E-state index in [9.17, 15) is 14.4 Å². The first-order chi connectivity index (χ1) is 15.4. The van der Waals surface area contributed by atoms with Gasteiger partial charge in [-0.05, 0) is 17.1 Å². The Morgan fingerprint density at radius 1 is 1.19 bits per heavy atom. The van der Waals surface area contributed by atoms with Gasteiger partial charge >= 0.3 is 6.03 Å². The molecule has 1 aromatic carbocycles. The van der Waals surface area contributed by atoms with Crippen molar-refractivity contribution in [1.29, 1.82) is 0 Å². The van der Waals surface area contributed by atoms with Gasteiger partial charge in [0.05, 0.1) is 10.2 Å². The number of fused-ring (bicyclic) bond motifs is 2. The molecule has 0 radical (unpaired) electrons. The van der Waals surface area contributed by atoms with Crippen molar-refractivity contribution in [3.63, 3.8) is 0 Å². The molecule has 4 amide bonds. The number of ether oxygens (including phenoxy) is 1. The monoisotopic (exact) mass is 455 g/mol. The molecule has 2 fully saturated rings. The summed E-state index contributed by atoms with van der Waals surface area (Å²) in [6.07, 6.45) is 2.92. The van der Waals surface area contributed by atoms with Crippen LogP contribution in [-0.2, 0) is 9.59 Å². The van der Waals surface area contributed by atoms with Crippen molar-refractivity contribution in [3.05, 3.63) is 24.3 Å². The van der Waals surface area contributed by atoms with Crippen molar-refractivity contribution < 1.29 is 23.7 Å². The van der Waals surface area contributed by atoms with E-state index in [0.717, 1.165) is 28.0 Å². The fraction of sp³-hybridized carbons (Fsp3) is 0.429. The molecule has 3 aliphatic rings. The quantitative estimate of drug-likeness (QED) is 0.641. The highest BCUT2D eigenvalue weighted by Crippen LogP contribution is 2.29. The first-order valence-corrected chi connectivity index (χ1v) is 11.3. The molecule has 10 nitrogen and oxygen atoms in total. The summed E-state index contributed by atoms with van der Waals surface area (Å²) in [6.45, 7) is 1.18. The molecule has 0 bridgehead atoms. The third-order valence-electron chi connectivity index (χ3n) is 6.05. The highest BCUT2D eigenvalue weighted by molar-refractivity contribution is 7.20. The van der Waals surface area contributed by atoms with Gasteiger partial charge in [-0.3, -0.25) is 19.4 Å². The predicted molar refractivity (Wildman–Crippen MR) is 118 cm³/mol. The molecular formula is C21H23N6O4S+. The second-order valence-corrected chi connectivity index (χ2v) is 9.06. The largest absolute Gasteiger partial charge is 0.467 e.